The van der Waals surface area contributed by atoms with Gasteiger partial charge in [-0.05, 0) is 51.2 Å². The number of nitrogens with one attached hydrogen (secondary N) is 1. The van der Waals surface area contributed by atoms with Crippen LogP contribution >= 0.6 is 0 Å². The molecule has 1 saturated heterocycles. The summed E-state index contributed by atoms with van der Waals surface area (Å²) in [4.78, 5) is 2.23. The van der Waals surface area contributed by atoms with E-state index < -0.39 is 15.8 Å². The van der Waals surface area contributed by atoms with E-state index in [2.05, 4.69) is 9.62 Å². The number of likely N-dealkylation sites (tertiary alicyclic amines) is 1. The van der Waals surface area contributed by atoms with Gasteiger partial charge >= 0.3 is 0 Å². The minimum absolute atomic E-state index is 0.0244. The van der Waals surface area contributed by atoms with Gasteiger partial charge in [-0.2, -0.15) is 0 Å². The number of sulfonamides is 1. The van der Waals surface area contributed by atoms with Gasteiger partial charge in [0.25, 0.3) is 0 Å². The Balaban J connectivity index is 2.14. The Morgan fingerprint density at radius 1 is 1.40 bits per heavy atom. The average Bonchev–Trinajstić information content (AvgIpc) is 2.41. The average molecular weight is 301 g/mol. The molecule has 0 bridgehead atoms. The van der Waals surface area contributed by atoms with Gasteiger partial charge in [0.2, 0.25) is 10.0 Å². The molecular formula is C13H20FN3O2S. The van der Waals surface area contributed by atoms with Crippen molar-refractivity contribution < 1.29 is 12.8 Å². The minimum Gasteiger partial charge on any atom is -0.326 e. The molecule has 5 nitrogen and oxygen atoms in total. The van der Waals surface area contributed by atoms with E-state index in [1.165, 1.54) is 12.1 Å². The van der Waals surface area contributed by atoms with Crippen LogP contribution in [0.2, 0.25) is 0 Å². The van der Waals surface area contributed by atoms with Gasteiger partial charge < -0.3 is 10.6 Å². The molecule has 20 heavy (non-hydrogen) atoms. The second-order valence-electron chi connectivity index (χ2n) is 5.16. The number of rotatable bonds is 4. The highest BCUT2D eigenvalue weighted by atomic mass is 32.2. The van der Waals surface area contributed by atoms with E-state index >= 15 is 0 Å². The third kappa shape index (κ3) is 3.54. The molecule has 1 heterocycles. The van der Waals surface area contributed by atoms with Crippen molar-refractivity contribution in [1.82, 2.24) is 9.62 Å². The Hall–Kier alpha value is -1.02. The summed E-state index contributed by atoms with van der Waals surface area (Å²) < 4.78 is 40.6. The lowest BCUT2D eigenvalue weighted by molar-refractivity contribution is 0.248. The number of nitrogens with two attached hydrogens (primary N) is 1. The summed E-state index contributed by atoms with van der Waals surface area (Å²) in [5.74, 6) is -0.481. The lowest BCUT2D eigenvalue weighted by Gasteiger charge is -2.29. The van der Waals surface area contributed by atoms with Crippen LogP contribution in [0.25, 0.3) is 0 Å². The molecule has 0 spiro atoms. The Bertz CT molecular complexity index is 569. The number of nitrogens with zero attached hydrogens (tertiary/aromatic N) is 1. The molecule has 0 unspecified atom stereocenters. The number of piperidine rings is 1. The normalized spacial score (nSPS) is 18.4. The second-order valence-corrected chi connectivity index (χ2v) is 6.87. The monoisotopic (exact) mass is 301 g/mol. The Labute approximate surface area is 119 Å². The van der Waals surface area contributed by atoms with Crippen LogP contribution in [0.5, 0.6) is 0 Å². The molecule has 3 N–H and O–H groups in total. The summed E-state index contributed by atoms with van der Waals surface area (Å²) in [6, 6.07) is 3.65. The first kappa shape index (κ1) is 15.4. The predicted molar refractivity (Wildman–Crippen MR) is 75.1 cm³/mol. The van der Waals surface area contributed by atoms with Gasteiger partial charge in [-0.25, -0.2) is 17.5 Å². The molecule has 1 aliphatic heterocycles. The molecule has 0 amide bonds. The Morgan fingerprint density at radius 3 is 2.65 bits per heavy atom. The van der Waals surface area contributed by atoms with Crippen molar-refractivity contribution in [2.75, 3.05) is 20.1 Å². The Morgan fingerprint density at radius 2 is 2.05 bits per heavy atom. The maximum Gasteiger partial charge on any atom is 0.240 e. The lowest BCUT2D eigenvalue weighted by Crippen LogP contribution is -2.43. The van der Waals surface area contributed by atoms with Crippen molar-refractivity contribution >= 4 is 10.0 Å². The predicted octanol–water partition coefficient (Wildman–Crippen LogP) is 0.657. The van der Waals surface area contributed by atoms with Crippen molar-refractivity contribution in [3.05, 3.63) is 29.6 Å². The highest BCUT2D eigenvalue weighted by Crippen LogP contribution is 2.17. The molecule has 0 saturated carbocycles. The van der Waals surface area contributed by atoms with Crippen molar-refractivity contribution in [3.63, 3.8) is 0 Å². The fraction of sp³-hybridized carbons (Fsp3) is 0.538. The second kappa shape index (κ2) is 6.17. The maximum atomic E-state index is 13.4. The molecule has 0 radical (unpaired) electrons. The van der Waals surface area contributed by atoms with Crippen molar-refractivity contribution in [1.29, 1.82) is 0 Å². The van der Waals surface area contributed by atoms with E-state index in [4.69, 9.17) is 5.73 Å². The summed E-state index contributed by atoms with van der Waals surface area (Å²) in [7, 11) is -1.61. The third-order valence-corrected chi connectivity index (χ3v) is 5.11. The fourth-order valence-corrected chi connectivity index (χ4v) is 3.64. The van der Waals surface area contributed by atoms with Crippen LogP contribution in [0.4, 0.5) is 4.39 Å². The van der Waals surface area contributed by atoms with Crippen LogP contribution in [0.3, 0.4) is 0 Å². The number of halogens is 1. The van der Waals surface area contributed by atoms with Gasteiger partial charge in [-0.3, -0.25) is 0 Å². The third-order valence-electron chi connectivity index (χ3n) is 3.59. The van der Waals surface area contributed by atoms with Gasteiger partial charge in [0.15, 0.2) is 0 Å². The Kier molecular flexibility index (Phi) is 4.74. The van der Waals surface area contributed by atoms with E-state index in [9.17, 15) is 12.8 Å². The molecule has 0 aliphatic carbocycles. The van der Waals surface area contributed by atoms with E-state index in [0.29, 0.717) is 0 Å². The molecule has 112 valence electrons. The van der Waals surface area contributed by atoms with Crippen LogP contribution < -0.4 is 10.5 Å². The maximum absolute atomic E-state index is 13.4. The van der Waals surface area contributed by atoms with Crippen LogP contribution in [0, 0.1) is 5.82 Å². The fourth-order valence-electron chi connectivity index (χ4n) is 2.29. The smallest absolute Gasteiger partial charge is 0.240 e. The van der Waals surface area contributed by atoms with Gasteiger partial charge in [-0.15, -0.1) is 0 Å². The number of benzene rings is 1. The van der Waals surface area contributed by atoms with Crippen molar-refractivity contribution in [2.24, 2.45) is 5.73 Å². The molecule has 1 fully saturated rings. The minimum atomic E-state index is -3.62. The summed E-state index contributed by atoms with van der Waals surface area (Å²) in [5, 5.41) is 0. The van der Waals surface area contributed by atoms with E-state index in [0.717, 1.165) is 32.0 Å². The molecule has 1 aromatic rings. The van der Waals surface area contributed by atoms with E-state index in [1.807, 2.05) is 7.05 Å². The summed E-state index contributed by atoms with van der Waals surface area (Å²) in [6.45, 7) is 1.71. The summed E-state index contributed by atoms with van der Waals surface area (Å²) in [6.07, 6.45) is 1.56. The number of hydrogen-bond donors (Lipinski definition) is 2. The van der Waals surface area contributed by atoms with Crippen molar-refractivity contribution in [2.45, 2.75) is 30.3 Å². The largest absolute Gasteiger partial charge is 0.326 e. The van der Waals surface area contributed by atoms with Crippen LogP contribution in [0.15, 0.2) is 23.1 Å². The molecule has 7 heteroatoms. The zero-order chi connectivity index (χ0) is 14.8. The first-order chi connectivity index (χ1) is 9.42. The first-order valence-electron chi connectivity index (χ1n) is 6.62. The first-order valence-corrected chi connectivity index (χ1v) is 8.10. The molecule has 0 atom stereocenters. The quantitative estimate of drug-likeness (QED) is 0.856. The summed E-state index contributed by atoms with van der Waals surface area (Å²) >= 11 is 0. The van der Waals surface area contributed by atoms with Gasteiger partial charge in [0.1, 0.15) is 5.82 Å². The van der Waals surface area contributed by atoms with Gasteiger partial charge in [0, 0.05) is 18.2 Å². The summed E-state index contributed by atoms with van der Waals surface area (Å²) in [5.41, 5.74) is 5.61. The van der Waals surface area contributed by atoms with Crippen LogP contribution in [0.1, 0.15) is 18.4 Å². The molecule has 0 aromatic heterocycles. The zero-order valence-electron chi connectivity index (χ0n) is 11.5. The highest BCUT2D eigenvalue weighted by molar-refractivity contribution is 7.89. The van der Waals surface area contributed by atoms with Gasteiger partial charge in [0.05, 0.1) is 4.90 Å². The molecule has 1 aliphatic rings. The molecular weight excluding hydrogens is 281 g/mol. The molecule has 1 aromatic carbocycles. The number of hydrogen-bond acceptors (Lipinski definition) is 4. The van der Waals surface area contributed by atoms with E-state index in [1.54, 1.807) is 0 Å². The molecule has 2 rings (SSSR count). The zero-order valence-corrected chi connectivity index (χ0v) is 12.3. The van der Waals surface area contributed by atoms with Gasteiger partial charge in [-0.1, -0.05) is 0 Å². The topological polar surface area (TPSA) is 75.4 Å². The van der Waals surface area contributed by atoms with Crippen molar-refractivity contribution in [3.8, 4) is 0 Å². The highest BCUT2D eigenvalue weighted by Gasteiger charge is 2.23. The lowest BCUT2D eigenvalue weighted by atomic mass is 10.1. The standard InChI is InChI=1S/C13H20FN3O2S/c1-17-6-4-11(5-7-17)16-20(18,19)12-2-3-13(14)10(8-12)9-15/h2-3,8,11,16H,4-7,9,15H2,1H3. The van der Waals surface area contributed by atoms with Crippen LogP contribution in [-0.4, -0.2) is 39.5 Å². The van der Waals surface area contributed by atoms with Crippen LogP contribution in [-0.2, 0) is 16.6 Å². The SMILES string of the molecule is CN1CCC(NS(=O)(=O)c2ccc(F)c(CN)c2)CC1. The van der Waals surface area contributed by atoms with E-state index in [-0.39, 0.29) is 23.0 Å².